The standard InChI is InChI=1S/C32H46N4O8.C20H18O6.C9H8Cl3NO.C6H14N2O.C6H6O6.C6H10O6.CH4/c1-19(2)23(29(39)33-5)35-31(41)27(43-17-21-13-9-7-10-14-21)25(37)26(38)28(44-18-22-15-11-8-12-16-22)32(42)36-24(20(3)4)30(40)34-6;21-19-17(23-11-13-7-3-1-4-8-13)15-16(26-19)18(20(22)25-15)24-12-14-9-5-2-6-10-14;10-9(11,12)8(13)14-6-7-4-2-1-3-5-7;1-4(2)5(7)6(9)8-3;7-1-3-4(12-5(1)9)2(8)6(10)11-3;7-1-2(8)5-3(9)4(10)6(11)12-5;/h7-16,19-20,23-28,37-38H,17-18H2,1-6H3,(H,33,39)(H,34,40)(H,35,41)(H,36,42);1-10,15-18H,11-12H2;1-5,13H,6H2;4-5H,7H2,1-3H3,(H,8,9);1-4,7-8H;2-5,7-10H,1H2;1H4/t23-,24-,25?,26?,27+,28+;15-,16-,17-,18-;;5-;1-,2-,3+,4+;2-,3?,4?,5-;/m01.010./s1. The largest absolute Gasteiger partial charge is 0.473 e. The summed E-state index contributed by atoms with van der Waals surface area (Å²) in [5.74, 6) is -7.32. The Balaban J connectivity index is 0.000000331. The summed E-state index contributed by atoms with van der Waals surface area (Å²) in [6, 6.07) is 43.7. The van der Waals surface area contributed by atoms with Crippen molar-refractivity contribution in [1.29, 1.82) is 5.41 Å². The van der Waals surface area contributed by atoms with Crippen LogP contribution in [0.15, 0.2) is 152 Å². The average molecular weight is 1720 g/mol. The molecule has 650 valence electrons. The summed E-state index contributed by atoms with van der Waals surface area (Å²) in [5, 5.41) is 96.2. The lowest BCUT2D eigenvalue weighted by Gasteiger charge is -2.32. The fourth-order valence-electron chi connectivity index (χ4n) is 11.1. The van der Waals surface area contributed by atoms with Gasteiger partial charge in [-0.25, -0.2) is 24.0 Å². The van der Waals surface area contributed by atoms with Gasteiger partial charge in [0.15, 0.2) is 73.2 Å². The molecule has 5 heterocycles. The minimum absolute atomic E-state index is 0. The van der Waals surface area contributed by atoms with Crippen LogP contribution in [0.25, 0.3) is 0 Å². The summed E-state index contributed by atoms with van der Waals surface area (Å²) in [7, 11) is 4.45. The third kappa shape index (κ3) is 30.5. The number of nitrogens with one attached hydrogen (secondary N) is 6. The molecule has 19 atom stereocenters. The summed E-state index contributed by atoms with van der Waals surface area (Å²) in [6.45, 7) is 10.6. The van der Waals surface area contributed by atoms with E-state index in [1.54, 1.807) is 95.4 Å². The zero-order valence-electron chi connectivity index (χ0n) is 65.3. The van der Waals surface area contributed by atoms with Gasteiger partial charge in [0.2, 0.25) is 23.6 Å². The molecular formula is C80H106Cl3N7O28. The molecule has 35 nitrogen and oxygen atoms in total. The van der Waals surface area contributed by atoms with Gasteiger partial charge < -0.3 is 121 Å². The quantitative estimate of drug-likeness (QED) is 0.0105. The van der Waals surface area contributed by atoms with Crippen LogP contribution < -0.4 is 32.3 Å². The molecule has 38 heteroatoms. The van der Waals surface area contributed by atoms with E-state index in [1.807, 2.05) is 105 Å². The highest BCUT2D eigenvalue weighted by Crippen LogP contribution is 2.34. The molecule has 0 spiro atoms. The summed E-state index contributed by atoms with van der Waals surface area (Å²) in [4.78, 5) is 119. The van der Waals surface area contributed by atoms with E-state index in [0.717, 1.165) is 16.7 Å². The Morgan fingerprint density at radius 3 is 1.03 bits per heavy atom. The maximum atomic E-state index is 13.5. The molecule has 16 N–H and O–H groups in total. The number of hydrogen-bond acceptors (Lipinski definition) is 30. The molecule has 4 unspecified atom stereocenters. The molecule has 0 radical (unpaired) electrons. The van der Waals surface area contributed by atoms with E-state index in [0.29, 0.717) is 11.1 Å². The third-order valence-corrected chi connectivity index (χ3v) is 18.4. The van der Waals surface area contributed by atoms with Crippen LogP contribution in [0.5, 0.6) is 0 Å². The molecule has 0 aromatic heterocycles. The van der Waals surface area contributed by atoms with Crippen molar-refractivity contribution in [2.45, 2.75) is 202 Å². The van der Waals surface area contributed by atoms with Crippen molar-refractivity contribution >= 4 is 100 Å². The first-order valence-corrected chi connectivity index (χ1v) is 37.9. The number of carbonyl (C=O) groups excluding carboxylic acids is 10. The first-order valence-electron chi connectivity index (χ1n) is 36.8. The van der Waals surface area contributed by atoms with Gasteiger partial charge >= 0.3 is 29.8 Å². The SMILES string of the molecule is C.CNC(=O)[C@@H](N)C(C)C.CNC(=O)[C@@H](NC(=O)[C@H](OCc1ccccc1)C(O)C(O)[C@@H](OCc1ccccc1)C(=O)N[C@H](C(=O)NC)C(C)C)C(C)C.N=C(OCc1ccccc1)C(Cl)(Cl)Cl.O=C1O[C@@H]([C@@H](O)CO)C(O)C1O.O=C1O[C@@H]2[C@@H](OC(=O)[C@@H]2O)[C@H]1O.O=C1O[C@@H]2[C@@H](OC(=O)[C@@H]2OCc2ccccc2)[C@H]1OCc1ccccc1. The highest BCUT2D eigenvalue weighted by Gasteiger charge is 2.60. The molecule has 5 fully saturated rings. The van der Waals surface area contributed by atoms with Crippen molar-refractivity contribution < 1.29 is 136 Å². The van der Waals surface area contributed by atoms with Gasteiger partial charge in [-0.05, 0) is 45.6 Å². The highest BCUT2D eigenvalue weighted by molar-refractivity contribution is 6.76. The van der Waals surface area contributed by atoms with Crippen molar-refractivity contribution in [1.82, 2.24) is 26.6 Å². The Kier molecular flexibility index (Phi) is 42.7. The second kappa shape index (κ2) is 49.9. The second-order valence-electron chi connectivity index (χ2n) is 27.6. The lowest BCUT2D eigenvalue weighted by atomic mass is 9.98. The number of ether oxygens (including phenoxy) is 10. The first kappa shape index (κ1) is 101. The van der Waals surface area contributed by atoms with Gasteiger partial charge in [0, 0.05) is 21.1 Å². The molecule has 5 amide bonds. The smallest absolute Gasteiger partial charge is 0.339 e. The van der Waals surface area contributed by atoms with E-state index in [4.69, 9.17) is 110 Å². The highest BCUT2D eigenvalue weighted by atomic mass is 35.6. The molecule has 118 heavy (non-hydrogen) atoms. The Morgan fingerprint density at radius 1 is 0.449 bits per heavy atom. The summed E-state index contributed by atoms with van der Waals surface area (Å²) in [5.41, 5.74) is 9.58. The van der Waals surface area contributed by atoms with Crippen LogP contribution in [-0.4, -0.2) is 253 Å². The van der Waals surface area contributed by atoms with Gasteiger partial charge in [-0.2, -0.15) is 0 Å². The van der Waals surface area contributed by atoms with Crippen molar-refractivity contribution in [3.05, 3.63) is 179 Å². The Bertz CT molecular complexity index is 3790. The van der Waals surface area contributed by atoms with E-state index in [-0.39, 0.29) is 76.1 Å². The minimum atomic E-state index is -1.99. The molecule has 5 aliphatic rings. The van der Waals surface area contributed by atoms with Gasteiger partial charge in [0.25, 0.3) is 15.6 Å². The monoisotopic (exact) mass is 1720 g/mol. The third-order valence-electron chi connectivity index (χ3n) is 17.9. The minimum Gasteiger partial charge on any atom is -0.473 e. The predicted octanol–water partition coefficient (Wildman–Crippen LogP) is 1.11. The van der Waals surface area contributed by atoms with E-state index in [9.17, 15) is 58.2 Å². The number of hydrogen-bond donors (Lipinski definition) is 15. The van der Waals surface area contributed by atoms with Crippen LogP contribution in [0.4, 0.5) is 0 Å². The predicted molar refractivity (Wildman–Crippen MR) is 423 cm³/mol. The zero-order valence-corrected chi connectivity index (χ0v) is 67.6. The van der Waals surface area contributed by atoms with Gasteiger partial charge in [0.1, 0.15) is 43.1 Å². The number of amides is 5. The molecule has 0 saturated carbocycles. The van der Waals surface area contributed by atoms with E-state index < -0.39 is 174 Å². The maximum Gasteiger partial charge on any atom is 0.339 e. The Labute approximate surface area is 697 Å². The molecule has 10 rings (SSSR count). The number of rotatable bonds is 29. The van der Waals surface area contributed by atoms with Gasteiger partial charge in [-0.1, -0.05) is 235 Å². The van der Waals surface area contributed by atoms with Crippen molar-refractivity contribution in [3.8, 4) is 0 Å². The summed E-state index contributed by atoms with van der Waals surface area (Å²) < 4.78 is 50.2. The van der Waals surface area contributed by atoms with E-state index in [2.05, 4.69) is 40.8 Å². The summed E-state index contributed by atoms with van der Waals surface area (Å²) in [6.07, 6.45) is -21.5. The van der Waals surface area contributed by atoms with E-state index >= 15 is 0 Å². The topological polar surface area (TPSA) is 535 Å². The number of esters is 5. The van der Waals surface area contributed by atoms with Gasteiger partial charge in [0.05, 0.1) is 39.1 Å². The number of fused-ring (bicyclic) bond motifs is 2. The number of cyclic esters (lactones) is 1. The molecule has 0 bridgehead atoms. The van der Waals surface area contributed by atoms with Crippen LogP contribution in [0.2, 0.25) is 0 Å². The number of alkyl halides is 3. The number of halogens is 3. The molecule has 0 aliphatic carbocycles. The van der Waals surface area contributed by atoms with Crippen LogP contribution >= 0.6 is 34.8 Å². The number of likely N-dealkylation sites (N-methyl/N-ethyl adjacent to an activating group) is 3. The zero-order chi connectivity index (χ0) is 87.0. The number of aliphatic hydroxyl groups is 8. The fourth-order valence-corrected chi connectivity index (χ4v) is 11.3. The van der Waals surface area contributed by atoms with Crippen LogP contribution in [0, 0.1) is 23.2 Å². The lowest BCUT2D eigenvalue weighted by Crippen LogP contribution is -2.60. The molecular weight excluding hydrogens is 1610 g/mol. The lowest BCUT2D eigenvalue weighted by molar-refractivity contribution is -0.171. The number of benzene rings is 5. The number of carbonyl (C=O) groups is 10. The van der Waals surface area contributed by atoms with Crippen LogP contribution in [0.1, 0.15) is 76.8 Å². The summed E-state index contributed by atoms with van der Waals surface area (Å²) >= 11 is 16.3. The Morgan fingerprint density at radius 2 is 0.754 bits per heavy atom. The Hall–Kier alpha value is -9.38. The molecule has 5 saturated heterocycles. The van der Waals surface area contributed by atoms with Gasteiger partial charge in [-0.15, -0.1) is 0 Å². The number of aliphatic hydroxyl groups excluding tert-OH is 8. The fraction of sp³-hybridized carbons (Fsp3) is 0.487. The van der Waals surface area contributed by atoms with E-state index in [1.165, 1.54) is 14.1 Å². The van der Waals surface area contributed by atoms with Crippen molar-refractivity contribution in [3.63, 3.8) is 0 Å². The van der Waals surface area contributed by atoms with Crippen LogP contribution in [0.3, 0.4) is 0 Å². The normalized spacial score (nSPS) is 22.5. The van der Waals surface area contributed by atoms with Crippen molar-refractivity contribution in [2.24, 2.45) is 23.5 Å². The average Bonchev–Trinajstić information content (AvgIpc) is 1.61. The second-order valence-corrected chi connectivity index (χ2v) is 29.9. The maximum absolute atomic E-state index is 13.5. The van der Waals surface area contributed by atoms with Gasteiger partial charge in [-0.3, -0.25) is 29.4 Å². The van der Waals surface area contributed by atoms with Crippen molar-refractivity contribution in [2.75, 3.05) is 27.7 Å². The first-order chi connectivity index (χ1) is 55.4. The molecule has 5 aromatic rings. The van der Waals surface area contributed by atoms with Crippen LogP contribution in [-0.2, 0) is 128 Å². The number of nitrogens with two attached hydrogens (primary N) is 1. The molecule has 5 aliphatic heterocycles. The molecule has 5 aromatic carbocycles.